The Morgan fingerprint density at radius 3 is 2.62 bits per heavy atom. The lowest BCUT2D eigenvalue weighted by Crippen LogP contribution is -2.33. The number of ether oxygens (including phenoxy) is 2. The summed E-state index contributed by atoms with van der Waals surface area (Å²) in [6.07, 6.45) is 0.513. The smallest absolute Gasteiger partial charge is 0.213 e. The molecule has 2 heterocycles. The van der Waals surface area contributed by atoms with Crippen molar-refractivity contribution in [2.75, 3.05) is 6.61 Å². The van der Waals surface area contributed by atoms with E-state index in [-0.39, 0.29) is 12.3 Å². The molecule has 3 aromatic rings. The Balaban J connectivity index is 1.56. The fourth-order valence-corrected chi connectivity index (χ4v) is 4.16. The molecule has 3 aromatic carbocycles. The number of nitrogens with zero attached hydrogens (tertiary/aromatic N) is 2. The van der Waals surface area contributed by atoms with Gasteiger partial charge in [0.25, 0.3) is 0 Å². The van der Waals surface area contributed by atoms with Crippen molar-refractivity contribution in [1.29, 1.82) is 0 Å². The summed E-state index contributed by atoms with van der Waals surface area (Å²) in [4.78, 5) is 0. The van der Waals surface area contributed by atoms with E-state index in [9.17, 15) is 0 Å². The second-order valence-electron chi connectivity index (χ2n) is 7.17. The fraction of sp³-hybridized carbons (Fsp3) is 0.208. The Labute approximate surface area is 175 Å². The standard InChI is InChI=1S/C24H21ClN2O2/c1-2-28-19-11-8-17(9-12-19)24-27-22(20-14-18(25)10-13-23(20)29-24)15-21(26-27)16-6-4-3-5-7-16/h3-14,22,24H,2,15H2,1H3/t22-,24-/m1/s1. The van der Waals surface area contributed by atoms with Crippen molar-refractivity contribution in [2.24, 2.45) is 5.10 Å². The number of hydrogen-bond acceptors (Lipinski definition) is 4. The third-order valence-electron chi connectivity index (χ3n) is 5.34. The zero-order valence-electron chi connectivity index (χ0n) is 16.1. The molecule has 29 heavy (non-hydrogen) atoms. The van der Waals surface area contributed by atoms with Crippen molar-refractivity contribution in [3.63, 3.8) is 0 Å². The molecule has 2 atom stereocenters. The van der Waals surface area contributed by atoms with E-state index in [0.717, 1.165) is 40.3 Å². The van der Waals surface area contributed by atoms with Crippen LogP contribution in [0, 0.1) is 0 Å². The molecule has 0 aromatic heterocycles. The summed E-state index contributed by atoms with van der Waals surface area (Å²) in [6, 6.07) is 24.3. The average molecular weight is 405 g/mol. The fourth-order valence-electron chi connectivity index (χ4n) is 3.98. The molecule has 0 N–H and O–H groups in total. The van der Waals surface area contributed by atoms with Gasteiger partial charge in [-0.15, -0.1) is 0 Å². The molecule has 0 spiro atoms. The Hall–Kier alpha value is -2.98. The van der Waals surface area contributed by atoms with Gasteiger partial charge in [-0.3, -0.25) is 0 Å². The topological polar surface area (TPSA) is 34.1 Å². The molecule has 0 unspecified atom stereocenters. The summed E-state index contributed by atoms with van der Waals surface area (Å²) in [5.41, 5.74) is 4.31. The molecule has 5 heteroatoms. The van der Waals surface area contributed by atoms with E-state index in [1.54, 1.807) is 0 Å². The summed E-state index contributed by atoms with van der Waals surface area (Å²) in [7, 11) is 0. The van der Waals surface area contributed by atoms with Gasteiger partial charge < -0.3 is 9.47 Å². The number of fused-ring (bicyclic) bond motifs is 3. The van der Waals surface area contributed by atoms with Crippen molar-refractivity contribution in [3.8, 4) is 11.5 Å². The normalized spacial score (nSPS) is 19.8. The minimum atomic E-state index is -0.300. The minimum absolute atomic E-state index is 0.0872. The largest absolute Gasteiger partial charge is 0.494 e. The first-order valence-corrected chi connectivity index (χ1v) is 10.2. The summed E-state index contributed by atoms with van der Waals surface area (Å²) in [5, 5.41) is 7.75. The van der Waals surface area contributed by atoms with E-state index in [4.69, 9.17) is 26.2 Å². The van der Waals surface area contributed by atoms with Crippen LogP contribution in [0.5, 0.6) is 11.5 Å². The van der Waals surface area contributed by atoms with Crippen LogP contribution in [0.25, 0.3) is 0 Å². The van der Waals surface area contributed by atoms with Gasteiger partial charge in [0.05, 0.1) is 18.4 Å². The number of benzene rings is 3. The molecule has 5 rings (SSSR count). The molecule has 146 valence electrons. The Bertz CT molecular complexity index is 1050. The van der Waals surface area contributed by atoms with Crippen molar-refractivity contribution >= 4 is 17.3 Å². The highest BCUT2D eigenvalue weighted by Crippen LogP contribution is 2.48. The maximum absolute atomic E-state index is 6.39. The average Bonchev–Trinajstić information content (AvgIpc) is 3.21. The van der Waals surface area contributed by atoms with Gasteiger partial charge in [-0.2, -0.15) is 5.10 Å². The molecule has 0 bridgehead atoms. The molecule has 0 aliphatic carbocycles. The third-order valence-corrected chi connectivity index (χ3v) is 5.57. The molecule has 0 saturated carbocycles. The molecule has 0 fully saturated rings. The van der Waals surface area contributed by atoms with Crippen LogP contribution in [-0.4, -0.2) is 17.3 Å². The van der Waals surface area contributed by atoms with Gasteiger partial charge in [-0.25, -0.2) is 5.01 Å². The lowest BCUT2D eigenvalue weighted by Gasteiger charge is -2.38. The zero-order chi connectivity index (χ0) is 19.8. The third kappa shape index (κ3) is 3.34. The second-order valence-corrected chi connectivity index (χ2v) is 7.60. The SMILES string of the molecule is CCOc1ccc([C@H]2Oc3ccc(Cl)cc3[C@H]3CC(c4ccccc4)=NN32)cc1. The maximum Gasteiger partial charge on any atom is 0.213 e. The Kier molecular flexibility index (Phi) is 4.64. The van der Waals surface area contributed by atoms with E-state index in [0.29, 0.717) is 11.6 Å². The second kappa shape index (κ2) is 7.45. The Morgan fingerprint density at radius 2 is 1.86 bits per heavy atom. The quantitative estimate of drug-likeness (QED) is 0.536. The summed E-state index contributed by atoms with van der Waals surface area (Å²) < 4.78 is 12.0. The highest BCUT2D eigenvalue weighted by atomic mass is 35.5. The highest BCUT2D eigenvalue weighted by molar-refractivity contribution is 6.30. The summed E-state index contributed by atoms with van der Waals surface area (Å²) in [6.45, 7) is 2.63. The van der Waals surface area contributed by atoms with Crippen LogP contribution < -0.4 is 9.47 Å². The van der Waals surface area contributed by atoms with Crippen LogP contribution in [0.15, 0.2) is 77.9 Å². The van der Waals surface area contributed by atoms with Crippen LogP contribution in [0.1, 0.15) is 42.3 Å². The van der Waals surface area contributed by atoms with Crippen LogP contribution in [0.3, 0.4) is 0 Å². The zero-order valence-corrected chi connectivity index (χ0v) is 16.8. The molecule has 0 radical (unpaired) electrons. The van der Waals surface area contributed by atoms with Gasteiger partial charge in [-0.1, -0.05) is 41.9 Å². The van der Waals surface area contributed by atoms with Crippen LogP contribution in [0.4, 0.5) is 0 Å². The van der Waals surface area contributed by atoms with E-state index in [2.05, 4.69) is 17.1 Å². The highest BCUT2D eigenvalue weighted by Gasteiger charge is 2.41. The first-order valence-electron chi connectivity index (χ1n) is 9.83. The monoisotopic (exact) mass is 404 g/mol. The van der Waals surface area contributed by atoms with Crippen molar-refractivity contribution in [3.05, 3.63) is 94.5 Å². The molecular weight excluding hydrogens is 384 g/mol. The first-order chi connectivity index (χ1) is 14.2. The van der Waals surface area contributed by atoms with E-state index in [1.807, 2.05) is 67.6 Å². The van der Waals surface area contributed by atoms with Gasteiger partial charge in [0.1, 0.15) is 11.5 Å². The van der Waals surface area contributed by atoms with Crippen molar-refractivity contribution < 1.29 is 9.47 Å². The molecular formula is C24H21ClN2O2. The number of halogens is 1. The first kappa shape index (κ1) is 18.1. The molecule has 2 aliphatic heterocycles. The number of hydrazone groups is 1. The summed E-state index contributed by atoms with van der Waals surface area (Å²) in [5.74, 6) is 1.71. The van der Waals surface area contributed by atoms with E-state index >= 15 is 0 Å². The number of hydrogen-bond donors (Lipinski definition) is 0. The van der Waals surface area contributed by atoms with Crippen LogP contribution >= 0.6 is 11.6 Å². The van der Waals surface area contributed by atoms with E-state index in [1.165, 1.54) is 0 Å². The van der Waals surface area contributed by atoms with Gasteiger partial charge in [0.15, 0.2) is 0 Å². The van der Waals surface area contributed by atoms with Crippen LogP contribution in [-0.2, 0) is 0 Å². The van der Waals surface area contributed by atoms with Gasteiger partial charge in [0, 0.05) is 22.6 Å². The number of rotatable bonds is 4. The minimum Gasteiger partial charge on any atom is -0.494 e. The van der Waals surface area contributed by atoms with Gasteiger partial charge in [0.2, 0.25) is 6.23 Å². The lowest BCUT2D eigenvalue weighted by atomic mass is 9.96. The molecule has 0 amide bonds. The lowest BCUT2D eigenvalue weighted by molar-refractivity contribution is -0.0190. The predicted molar refractivity (Wildman–Crippen MR) is 115 cm³/mol. The molecule has 2 aliphatic rings. The maximum atomic E-state index is 6.39. The Morgan fingerprint density at radius 1 is 1.07 bits per heavy atom. The molecule has 0 saturated heterocycles. The predicted octanol–water partition coefficient (Wildman–Crippen LogP) is 5.98. The van der Waals surface area contributed by atoms with Crippen molar-refractivity contribution in [1.82, 2.24) is 5.01 Å². The van der Waals surface area contributed by atoms with E-state index < -0.39 is 0 Å². The van der Waals surface area contributed by atoms with Crippen molar-refractivity contribution in [2.45, 2.75) is 25.6 Å². The molecule has 4 nitrogen and oxygen atoms in total. The van der Waals surface area contributed by atoms with Gasteiger partial charge in [-0.05, 0) is 55.0 Å². The summed E-state index contributed by atoms with van der Waals surface area (Å²) >= 11 is 6.30. The van der Waals surface area contributed by atoms with Gasteiger partial charge >= 0.3 is 0 Å². The van der Waals surface area contributed by atoms with Crippen LogP contribution in [0.2, 0.25) is 5.02 Å².